The molecule has 3 N–H and O–H groups in total. The Morgan fingerprint density at radius 2 is 2.00 bits per heavy atom. The molecule has 12 heavy (non-hydrogen) atoms. The Morgan fingerprint density at radius 3 is 2.08 bits per heavy atom. The van der Waals surface area contributed by atoms with Crippen LogP contribution in [0.1, 0.15) is 6.42 Å². The van der Waals surface area contributed by atoms with Crippen LogP contribution in [0.2, 0.25) is 0 Å². The first-order valence-corrected chi connectivity index (χ1v) is 5.44. The van der Waals surface area contributed by atoms with Crippen molar-refractivity contribution in [1.29, 1.82) is 0 Å². The third-order valence-electron chi connectivity index (χ3n) is 1.40. The second-order valence-corrected chi connectivity index (χ2v) is 5.09. The maximum atomic E-state index is 12.0. The summed E-state index contributed by atoms with van der Waals surface area (Å²) < 4.78 is 46.8. The van der Waals surface area contributed by atoms with Gasteiger partial charge in [0.05, 0.1) is 0 Å². The summed E-state index contributed by atoms with van der Waals surface area (Å²) in [6, 6.07) is 0. The second-order valence-electron chi connectivity index (χ2n) is 2.58. The molecule has 1 unspecified atom stereocenters. The summed E-state index contributed by atoms with van der Waals surface area (Å²) in [6.07, 6.45) is -5.15. The molecule has 0 fully saturated rings. The van der Waals surface area contributed by atoms with Crippen molar-refractivity contribution in [2.24, 2.45) is 5.73 Å². The molecular weight excluding hydrogens is 194 g/mol. The molecule has 0 radical (unpaired) electrons. The average molecular weight is 205 g/mol. The molecule has 0 rings (SSSR count). The van der Waals surface area contributed by atoms with Gasteiger partial charge in [0.1, 0.15) is 5.66 Å². The fraction of sp³-hybridized carbons (Fsp3) is 1.00. The molecule has 0 aliphatic rings. The first kappa shape index (κ1) is 11.9. The predicted molar refractivity (Wildman–Crippen MR) is 39.3 cm³/mol. The van der Waals surface area contributed by atoms with Crippen LogP contribution in [0.5, 0.6) is 0 Å². The first-order valence-electron chi connectivity index (χ1n) is 3.26. The Kier molecular flexibility index (Phi) is 3.75. The average Bonchev–Trinajstić information content (AvgIpc) is 1.77. The minimum atomic E-state index is -4.64. The number of nitrogens with two attached hydrogens (primary N) is 1. The molecule has 0 spiro atoms. The van der Waals surface area contributed by atoms with Crippen LogP contribution in [0.25, 0.3) is 0 Å². The topological polar surface area (TPSA) is 63.3 Å². The highest BCUT2D eigenvalue weighted by molar-refractivity contribution is 7.58. The molecule has 0 aromatic carbocycles. The van der Waals surface area contributed by atoms with Crippen LogP contribution in [0.4, 0.5) is 13.2 Å². The summed E-state index contributed by atoms with van der Waals surface area (Å²) >= 11 is 0. The molecule has 0 aromatic rings. The lowest BCUT2D eigenvalue weighted by Gasteiger charge is -2.21. The Balaban J connectivity index is 4.57. The van der Waals surface area contributed by atoms with E-state index in [2.05, 4.69) is 0 Å². The molecule has 0 heterocycles. The molecule has 7 heteroatoms. The van der Waals surface area contributed by atoms with Crippen molar-refractivity contribution >= 4 is 7.37 Å². The maximum Gasteiger partial charge on any atom is 0.400 e. The van der Waals surface area contributed by atoms with Gasteiger partial charge < -0.3 is 10.6 Å². The van der Waals surface area contributed by atoms with E-state index in [0.717, 1.165) is 0 Å². The Labute approximate surface area is 68.2 Å². The van der Waals surface area contributed by atoms with Crippen molar-refractivity contribution in [2.75, 3.05) is 13.2 Å². The summed E-state index contributed by atoms with van der Waals surface area (Å²) in [4.78, 5) is 8.72. The standard InChI is InChI=1S/C5H11F3NO2P/c1-12(10,11)4(2-3-9)5(6,7)8/h4H,2-3,9H2,1H3,(H,10,11)/t4-/m0/s1. The van der Waals surface area contributed by atoms with Crippen LogP contribution < -0.4 is 5.73 Å². The van der Waals surface area contributed by atoms with Crippen LogP contribution in [0.3, 0.4) is 0 Å². The largest absolute Gasteiger partial charge is 0.400 e. The monoisotopic (exact) mass is 205 g/mol. The van der Waals surface area contributed by atoms with E-state index in [1.807, 2.05) is 0 Å². The third-order valence-corrected chi connectivity index (χ3v) is 3.10. The van der Waals surface area contributed by atoms with Gasteiger partial charge in [0.15, 0.2) is 0 Å². The fourth-order valence-corrected chi connectivity index (χ4v) is 2.00. The lowest BCUT2D eigenvalue weighted by atomic mass is 10.3. The smallest absolute Gasteiger partial charge is 0.344 e. The molecule has 0 bridgehead atoms. The SMILES string of the molecule is CP(=O)(O)[C@@H](CCN)C(F)(F)F. The van der Waals surface area contributed by atoms with E-state index in [9.17, 15) is 17.7 Å². The van der Waals surface area contributed by atoms with Gasteiger partial charge in [-0.05, 0) is 13.0 Å². The molecule has 0 amide bonds. The normalized spacial score (nSPS) is 20.2. The molecule has 2 atom stereocenters. The minimum absolute atomic E-state index is 0.247. The Hall–Kier alpha value is -0.0600. The van der Waals surface area contributed by atoms with E-state index >= 15 is 0 Å². The van der Waals surface area contributed by atoms with E-state index in [1.54, 1.807) is 0 Å². The highest BCUT2D eigenvalue weighted by atomic mass is 31.2. The van der Waals surface area contributed by atoms with Crippen molar-refractivity contribution in [3.05, 3.63) is 0 Å². The van der Waals surface area contributed by atoms with E-state index in [1.165, 1.54) is 0 Å². The molecule has 0 aliphatic carbocycles. The van der Waals surface area contributed by atoms with Crippen LogP contribution >= 0.6 is 7.37 Å². The number of alkyl halides is 3. The number of hydrogen-bond donors (Lipinski definition) is 2. The van der Waals surface area contributed by atoms with Gasteiger partial charge >= 0.3 is 6.18 Å². The predicted octanol–water partition coefficient (Wildman–Crippen LogP) is 1.17. The highest BCUT2D eigenvalue weighted by Gasteiger charge is 2.47. The summed E-state index contributed by atoms with van der Waals surface area (Å²) in [5, 5.41) is 0. The quantitative estimate of drug-likeness (QED) is 0.679. The fourth-order valence-electron chi connectivity index (χ4n) is 0.833. The number of halogens is 3. The van der Waals surface area contributed by atoms with E-state index in [4.69, 9.17) is 10.6 Å². The summed E-state index contributed by atoms with van der Waals surface area (Å²) in [7, 11) is -4.12. The van der Waals surface area contributed by atoms with Gasteiger partial charge in [-0.3, -0.25) is 4.57 Å². The van der Waals surface area contributed by atoms with Crippen molar-refractivity contribution < 1.29 is 22.6 Å². The van der Waals surface area contributed by atoms with E-state index in [0.29, 0.717) is 6.66 Å². The van der Waals surface area contributed by atoms with Crippen LogP contribution in [-0.2, 0) is 4.57 Å². The highest BCUT2D eigenvalue weighted by Crippen LogP contribution is 2.50. The van der Waals surface area contributed by atoms with E-state index in [-0.39, 0.29) is 6.54 Å². The van der Waals surface area contributed by atoms with Gasteiger partial charge in [0.25, 0.3) is 0 Å². The van der Waals surface area contributed by atoms with E-state index < -0.39 is 25.6 Å². The van der Waals surface area contributed by atoms with Gasteiger partial charge in [-0.1, -0.05) is 0 Å². The molecular formula is C5H11F3NO2P. The lowest BCUT2D eigenvalue weighted by molar-refractivity contribution is -0.132. The van der Waals surface area contributed by atoms with Crippen LogP contribution in [-0.4, -0.2) is 29.9 Å². The zero-order valence-electron chi connectivity index (χ0n) is 6.51. The molecule has 74 valence electrons. The van der Waals surface area contributed by atoms with Gasteiger partial charge in [0.2, 0.25) is 7.37 Å². The van der Waals surface area contributed by atoms with Gasteiger partial charge in [0, 0.05) is 6.66 Å². The molecule has 0 aliphatic heterocycles. The van der Waals surface area contributed by atoms with Gasteiger partial charge in [-0.2, -0.15) is 13.2 Å². The van der Waals surface area contributed by atoms with Crippen molar-refractivity contribution in [3.8, 4) is 0 Å². The van der Waals surface area contributed by atoms with Crippen LogP contribution in [0.15, 0.2) is 0 Å². The van der Waals surface area contributed by atoms with Crippen molar-refractivity contribution in [3.63, 3.8) is 0 Å². The van der Waals surface area contributed by atoms with Gasteiger partial charge in [-0.25, -0.2) is 0 Å². The second kappa shape index (κ2) is 3.77. The zero-order chi connectivity index (χ0) is 9.99. The zero-order valence-corrected chi connectivity index (χ0v) is 7.40. The third kappa shape index (κ3) is 3.56. The molecule has 0 saturated heterocycles. The Morgan fingerprint density at radius 1 is 1.58 bits per heavy atom. The van der Waals surface area contributed by atoms with Crippen molar-refractivity contribution in [1.82, 2.24) is 0 Å². The summed E-state index contributed by atoms with van der Waals surface area (Å²) in [6.45, 7) is 0.448. The maximum absolute atomic E-state index is 12.0. The van der Waals surface area contributed by atoms with Gasteiger partial charge in [-0.15, -0.1) is 0 Å². The van der Waals surface area contributed by atoms with Crippen LogP contribution in [0, 0.1) is 0 Å². The number of rotatable bonds is 3. The molecule has 3 nitrogen and oxygen atoms in total. The van der Waals surface area contributed by atoms with Crippen molar-refractivity contribution in [2.45, 2.75) is 18.3 Å². The summed E-state index contributed by atoms with van der Waals surface area (Å²) in [5.41, 5.74) is 2.71. The first-order chi connectivity index (χ1) is 5.19. The minimum Gasteiger partial charge on any atom is -0.344 e. The lowest BCUT2D eigenvalue weighted by Crippen LogP contribution is -2.30. The molecule has 0 saturated carbocycles. The number of hydrogen-bond acceptors (Lipinski definition) is 2. The Bertz CT molecular complexity index is 188. The summed E-state index contributed by atoms with van der Waals surface area (Å²) in [5.74, 6) is 0. The molecule has 0 aromatic heterocycles.